The fourth-order valence-corrected chi connectivity index (χ4v) is 0.990. The predicted octanol–water partition coefficient (Wildman–Crippen LogP) is 0.237. The largest absolute Gasteiger partial charge is 0.252 e. The number of aromatic nitrogens is 5. The number of nitriles is 1. The topological polar surface area (TPSA) is 80.3 Å². The molecule has 0 saturated carbocycles. The van der Waals surface area contributed by atoms with Crippen LogP contribution in [0.1, 0.15) is 11.5 Å². The number of nitrogens with zero attached hydrogens (tertiary/aromatic N) is 6. The van der Waals surface area contributed by atoms with Gasteiger partial charge in [-0.2, -0.15) is 5.26 Å². The Bertz CT molecular complexity index is 495. The van der Waals surface area contributed by atoms with E-state index in [-0.39, 0.29) is 5.82 Å². The summed E-state index contributed by atoms with van der Waals surface area (Å²) in [7, 11) is 0. The Morgan fingerprint density at radius 2 is 2.21 bits per heavy atom. The van der Waals surface area contributed by atoms with E-state index in [0.717, 1.165) is 5.69 Å². The summed E-state index contributed by atoms with van der Waals surface area (Å²) < 4.78 is 1.44. The zero-order valence-corrected chi connectivity index (χ0v) is 7.42. The average Bonchev–Trinajstić information content (AvgIpc) is 2.66. The van der Waals surface area contributed by atoms with Gasteiger partial charge in [0.05, 0.1) is 0 Å². The molecule has 6 nitrogen and oxygen atoms in total. The molecule has 0 amide bonds. The lowest BCUT2D eigenvalue weighted by Crippen LogP contribution is -1.99. The third-order valence-corrected chi connectivity index (χ3v) is 1.62. The molecule has 0 saturated heterocycles. The molecule has 0 aliphatic heterocycles. The molecule has 0 N–H and O–H groups in total. The first-order valence-corrected chi connectivity index (χ1v) is 3.90. The van der Waals surface area contributed by atoms with Crippen molar-refractivity contribution in [3.05, 3.63) is 30.2 Å². The summed E-state index contributed by atoms with van der Waals surface area (Å²) in [6.45, 7) is 1.85. The molecule has 0 aliphatic rings. The van der Waals surface area contributed by atoms with Crippen LogP contribution in [0.25, 0.3) is 5.82 Å². The van der Waals surface area contributed by atoms with E-state index in [0.29, 0.717) is 5.82 Å². The number of hydrogen-bond donors (Lipinski definition) is 0. The van der Waals surface area contributed by atoms with Crippen molar-refractivity contribution in [2.24, 2.45) is 0 Å². The van der Waals surface area contributed by atoms with Crippen LogP contribution >= 0.6 is 0 Å². The molecule has 2 aromatic rings. The average molecular weight is 186 g/mol. The lowest BCUT2D eigenvalue weighted by Gasteiger charge is -1.97. The van der Waals surface area contributed by atoms with Crippen LogP contribution in [0.5, 0.6) is 0 Å². The van der Waals surface area contributed by atoms with Gasteiger partial charge in [0, 0.05) is 11.8 Å². The van der Waals surface area contributed by atoms with Crippen molar-refractivity contribution in [3.63, 3.8) is 0 Å². The van der Waals surface area contributed by atoms with Gasteiger partial charge in [0.2, 0.25) is 0 Å². The number of aryl methyl sites for hydroxylation is 1. The Morgan fingerprint density at radius 3 is 2.86 bits per heavy atom. The van der Waals surface area contributed by atoms with Gasteiger partial charge in [0.1, 0.15) is 18.7 Å². The monoisotopic (exact) mass is 186 g/mol. The molecule has 0 spiro atoms. The molecule has 14 heavy (non-hydrogen) atoms. The number of hydrogen-bond acceptors (Lipinski definition) is 5. The Morgan fingerprint density at radius 1 is 1.36 bits per heavy atom. The van der Waals surface area contributed by atoms with Gasteiger partial charge in [-0.05, 0) is 6.92 Å². The molecule has 6 heteroatoms. The first-order chi connectivity index (χ1) is 6.79. The second-order valence-electron chi connectivity index (χ2n) is 2.64. The third-order valence-electron chi connectivity index (χ3n) is 1.62. The molecule has 68 valence electrons. The van der Waals surface area contributed by atoms with Crippen molar-refractivity contribution in [2.45, 2.75) is 6.92 Å². The quantitative estimate of drug-likeness (QED) is 0.637. The molecular weight excluding hydrogens is 180 g/mol. The van der Waals surface area contributed by atoms with E-state index in [9.17, 15) is 0 Å². The summed E-state index contributed by atoms with van der Waals surface area (Å²) in [6, 6.07) is 3.61. The van der Waals surface area contributed by atoms with Gasteiger partial charge >= 0.3 is 0 Å². The first-order valence-electron chi connectivity index (χ1n) is 3.90. The van der Waals surface area contributed by atoms with Gasteiger partial charge in [0.15, 0.2) is 5.82 Å². The van der Waals surface area contributed by atoms with Crippen molar-refractivity contribution < 1.29 is 0 Å². The van der Waals surface area contributed by atoms with Crippen LogP contribution in [0.4, 0.5) is 0 Å². The van der Waals surface area contributed by atoms with Crippen molar-refractivity contribution in [2.75, 3.05) is 0 Å². The Balaban J connectivity index is 2.45. The van der Waals surface area contributed by atoms with E-state index in [4.69, 9.17) is 5.26 Å². The maximum Gasteiger partial charge on any atom is 0.252 e. The summed E-state index contributed by atoms with van der Waals surface area (Å²) in [6.07, 6.45) is 2.89. The Labute approximate surface area is 79.9 Å². The minimum absolute atomic E-state index is 0.126. The molecule has 2 heterocycles. The maximum atomic E-state index is 8.53. The Hall–Kier alpha value is -2.29. The van der Waals surface area contributed by atoms with E-state index in [1.54, 1.807) is 6.07 Å². The SMILES string of the molecule is Cc1cc(-n2cnc(C#N)n2)ncn1. The highest BCUT2D eigenvalue weighted by atomic mass is 15.4. The summed E-state index contributed by atoms with van der Waals surface area (Å²) in [5, 5.41) is 12.4. The molecule has 0 aromatic carbocycles. The second-order valence-corrected chi connectivity index (χ2v) is 2.64. The van der Waals surface area contributed by atoms with Crippen LogP contribution < -0.4 is 0 Å². The minimum atomic E-state index is 0.126. The first kappa shape index (κ1) is 8.31. The van der Waals surface area contributed by atoms with E-state index in [2.05, 4.69) is 20.1 Å². The van der Waals surface area contributed by atoms with E-state index < -0.39 is 0 Å². The molecule has 0 bridgehead atoms. The van der Waals surface area contributed by atoms with Gasteiger partial charge in [-0.1, -0.05) is 0 Å². The lowest BCUT2D eigenvalue weighted by atomic mass is 10.4. The highest BCUT2D eigenvalue weighted by molar-refractivity contribution is 5.22. The van der Waals surface area contributed by atoms with Crippen molar-refractivity contribution >= 4 is 0 Å². The molecule has 0 atom stereocenters. The maximum absolute atomic E-state index is 8.53. The smallest absolute Gasteiger partial charge is 0.242 e. The lowest BCUT2D eigenvalue weighted by molar-refractivity contribution is 0.829. The molecule has 2 aromatic heterocycles. The van der Waals surface area contributed by atoms with E-state index in [1.807, 2.05) is 13.0 Å². The van der Waals surface area contributed by atoms with Crippen LogP contribution in [-0.2, 0) is 0 Å². The van der Waals surface area contributed by atoms with Crippen molar-refractivity contribution in [1.82, 2.24) is 24.7 Å². The number of rotatable bonds is 1. The molecule has 0 radical (unpaired) electrons. The summed E-state index contributed by atoms with van der Waals surface area (Å²) in [5.41, 5.74) is 0.837. The van der Waals surface area contributed by atoms with Gasteiger partial charge < -0.3 is 0 Å². The van der Waals surface area contributed by atoms with Crippen molar-refractivity contribution in [1.29, 1.82) is 5.26 Å². The molecule has 2 rings (SSSR count). The fourth-order valence-electron chi connectivity index (χ4n) is 0.990. The zero-order chi connectivity index (χ0) is 9.97. The third kappa shape index (κ3) is 1.43. The minimum Gasteiger partial charge on any atom is -0.242 e. The standard InChI is InChI=1S/C8H6N6/c1-6-2-8(11-4-10-6)14-5-12-7(3-9)13-14/h2,4-5H,1H3. The summed E-state index contributed by atoms with van der Waals surface area (Å²) in [4.78, 5) is 11.7. The Kier molecular flexibility index (Phi) is 1.91. The van der Waals surface area contributed by atoms with Gasteiger partial charge in [-0.25, -0.2) is 19.6 Å². The second kappa shape index (κ2) is 3.22. The highest BCUT2D eigenvalue weighted by Crippen LogP contribution is 2.01. The van der Waals surface area contributed by atoms with Gasteiger partial charge in [-0.15, -0.1) is 5.10 Å². The van der Waals surface area contributed by atoms with Crippen LogP contribution in [0, 0.1) is 18.3 Å². The molecule has 0 fully saturated rings. The van der Waals surface area contributed by atoms with E-state index in [1.165, 1.54) is 17.3 Å². The summed E-state index contributed by atoms with van der Waals surface area (Å²) in [5.74, 6) is 0.729. The van der Waals surface area contributed by atoms with Crippen LogP contribution in [0.2, 0.25) is 0 Å². The normalized spacial score (nSPS) is 9.71. The van der Waals surface area contributed by atoms with E-state index >= 15 is 0 Å². The molecular formula is C8H6N6. The van der Waals surface area contributed by atoms with Gasteiger partial charge in [-0.3, -0.25) is 0 Å². The van der Waals surface area contributed by atoms with Gasteiger partial charge in [0.25, 0.3) is 5.82 Å². The van der Waals surface area contributed by atoms with Crippen LogP contribution in [0.3, 0.4) is 0 Å². The molecule has 0 aliphatic carbocycles. The van der Waals surface area contributed by atoms with Crippen LogP contribution in [-0.4, -0.2) is 24.7 Å². The summed E-state index contributed by atoms with van der Waals surface area (Å²) >= 11 is 0. The van der Waals surface area contributed by atoms with Crippen LogP contribution in [0.15, 0.2) is 18.7 Å². The van der Waals surface area contributed by atoms with Crippen molar-refractivity contribution in [3.8, 4) is 11.9 Å². The fraction of sp³-hybridized carbons (Fsp3) is 0.125. The predicted molar refractivity (Wildman–Crippen MR) is 46.4 cm³/mol. The highest BCUT2D eigenvalue weighted by Gasteiger charge is 2.02. The molecule has 0 unspecified atom stereocenters. The zero-order valence-electron chi connectivity index (χ0n) is 7.42.